The minimum absolute atomic E-state index is 0.360. The third kappa shape index (κ3) is 4.22. The van der Waals surface area contributed by atoms with Crippen LogP contribution in [-0.2, 0) is 9.53 Å². The zero-order chi connectivity index (χ0) is 13.9. The fourth-order valence-electron chi connectivity index (χ4n) is 1.03. The minimum atomic E-state index is -0.696. The largest absolute Gasteiger partial charge is 0.479 e. The van der Waals surface area contributed by atoms with Gasteiger partial charge in [0.1, 0.15) is 14.4 Å². The molecule has 0 aliphatic heterocycles. The van der Waals surface area contributed by atoms with Gasteiger partial charge in [-0.05, 0) is 26.5 Å². The Bertz CT molecular complexity index is 511. The summed E-state index contributed by atoms with van der Waals surface area (Å²) in [5, 5.41) is 17.7. The first-order valence-corrected chi connectivity index (χ1v) is 7.94. The molecule has 0 atom stereocenters. The number of ether oxygens (including phenoxy) is 1. The van der Waals surface area contributed by atoms with Crippen LogP contribution >= 0.6 is 34.4 Å². The van der Waals surface area contributed by atoms with E-state index in [-0.39, 0.29) is 5.97 Å². The van der Waals surface area contributed by atoms with Crippen molar-refractivity contribution >= 4 is 51.3 Å². The van der Waals surface area contributed by atoms with Crippen molar-refractivity contribution in [2.75, 3.05) is 5.75 Å². The van der Waals surface area contributed by atoms with Gasteiger partial charge in [0.25, 0.3) is 0 Å². The Hall–Kier alpha value is -0.660. The molecule has 0 unspecified atom stereocenters. The first-order chi connectivity index (χ1) is 8.24. The van der Waals surface area contributed by atoms with Crippen molar-refractivity contribution in [1.29, 1.82) is 0 Å². The predicted octanol–water partition coefficient (Wildman–Crippen LogP) is 2.19. The van der Waals surface area contributed by atoms with Crippen LogP contribution in [0.3, 0.4) is 0 Å². The Kier molecular flexibility index (Phi) is 5.12. The molecule has 0 fully saturated rings. The van der Waals surface area contributed by atoms with Crippen molar-refractivity contribution in [2.45, 2.75) is 33.3 Å². The van der Waals surface area contributed by atoms with E-state index in [1.165, 1.54) is 34.4 Å². The number of rotatable bonds is 3. The maximum Gasteiger partial charge on any atom is 0.347 e. The molecule has 0 aliphatic carbocycles. The number of hydrogen-bond donors (Lipinski definition) is 2. The third-order valence-electron chi connectivity index (χ3n) is 1.61. The first-order valence-electron chi connectivity index (χ1n) is 5.33. The van der Waals surface area contributed by atoms with E-state index in [0.717, 1.165) is 9.60 Å². The topological polar surface area (TPSA) is 66.8 Å². The van der Waals surface area contributed by atoms with E-state index in [1.54, 1.807) is 0 Å². The molecule has 0 radical (unpaired) electrons. The molecule has 1 heterocycles. The summed E-state index contributed by atoms with van der Waals surface area (Å²) in [6.07, 6.45) is 0. The Balaban J connectivity index is 3.08. The highest BCUT2D eigenvalue weighted by Crippen LogP contribution is 2.21. The fourth-order valence-corrected chi connectivity index (χ4v) is 3.84. The van der Waals surface area contributed by atoms with Gasteiger partial charge in [0.05, 0.1) is 0 Å². The number of carbonyl (C=O) groups is 1. The number of thioether (sulfide) groups is 1. The molecule has 7 heteroatoms. The van der Waals surface area contributed by atoms with Crippen molar-refractivity contribution in [3.05, 3.63) is 7.69 Å². The van der Waals surface area contributed by atoms with Crippen LogP contribution in [-0.4, -0.2) is 27.5 Å². The molecule has 4 nitrogen and oxygen atoms in total. The number of aliphatic hydroxyl groups is 2. The number of esters is 1. The maximum atomic E-state index is 12.0. The Morgan fingerprint density at radius 2 is 1.83 bits per heavy atom. The van der Waals surface area contributed by atoms with Gasteiger partial charge in [0.2, 0.25) is 0 Å². The van der Waals surface area contributed by atoms with Gasteiger partial charge in [-0.3, -0.25) is 0 Å². The van der Waals surface area contributed by atoms with Crippen LogP contribution in [0.2, 0.25) is 0 Å². The molecule has 0 aromatic carbocycles. The van der Waals surface area contributed by atoms with E-state index in [9.17, 15) is 4.79 Å². The highest BCUT2D eigenvalue weighted by atomic mass is 32.2. The van der Waals surface area contributed by atoms with Crippen LogP contribution in [0.1, 0.15) is 27.7 Å². The Morgan fingerprint density at radius 1 is 1.28 bits per heavy atom. The van der Waals surface area contributed by atoms with Gasteiger partial charge in [0, 0.05) is 0 Å². The lowest BCUT2D eigenvalue weighted by atomic mass is 10.2. The van der Waals surface area contributed by atoms with Gasteiger partial charge in [-0.15, -0.1) is 34.4 Å². The van der Waals surface area contributed by atoms with Gasteiger partial charge >= 0.3 is 11.9 Å². The highest BCUT2D eigenvalue weighted by molar-refractivity contribution is 8.09. The third-order valence-corrected chi connectivity index (χ3v) is 5.33. The van der Waals surface area contributed by atoms with Gasteiger partial charge in [-0.25, -0.2) is 4.79 Å². The number of carbonyl (C=O) groups excluding carboxylic acids is 1. The van der Waals surface area contributed by atoms with Crippen molar-refractivity contribution < 1.29 is 19.7 Å². The molecule has 0 saturated heterocycles. The van der Waals surface area contributed by atoms with E-state index in [0.29, 0.717) is 8.75 Å². The van der Waals surface area contributed by atoms with Crippen molar-refractivity contribution in [3.63, 3.8) is 0 Å². The second-order valence-electron chi connectivity index (χ2n) is 4.37. The number of aliphatic hydroxyl groups excluding tert-OH is 1. The quantitative estimate of drug-likeness (QED) is 0.838. The van der Waals surface area contributed by atoms with Gasteiger partial charge in [-0.1, -0.05) is 6.92 Å². The monoisotopic (exact) mass is 308 g/mol. The fraction of sp³-hybridized carbons (Fsp3) is 0.545. The summed E-state index contributed by atoms with van der Waals surface area (Å²) >= 11 is 3.77. The zero-order valence-corrected chi connectivity index (χ0v) is 13.1. The van der Waals surface area contributed by atoms with E-state index in [1.807, 2.05) is 27.7 Å². The summed E-state index contributed by atoms with van der Waals surface area (Å²) in [4.78, 5) is 12.5. The van der Waals surface area contributed by atoms with Crippen LogP contribution in [0.4, 0.5) is 0 Å². The SMILES string of the molecule is CCSC(C(=O)OC(C)(C)C)=c1sc(=C(O)O)s1. The molecule has 0 saturated carbocycles. The summed E-state index contributed by atoms with van der Waals surface area (Å²) in [7, 11) is 0. The second kappa shape index (κ2) is 5.99. The smallest absolute Gasteiger partial charge is 0.347 e. The normalized spacial score (nSPS) is 11.3. The summed E-state index contributed by atoms with van der Waals surface area (Å²) in [5.41, 5.74) is -0.534. The van der Waals surface area contributed by atoms with Crippen molar-refractivity contribution in [1.82, 2.24) is 0 Å². The molecule has 1 aromatic heterocycles. The lowest BCUT2D eigenvalue weighted by Gasteiger charge is -2.20. The summed E-state index contributed by atoms with van der Waals surface area (Å²) in [6, 6.07) is 0. The molecule has 1 rings (SSSR count). The summed E-state index contributed by atoms with van der Waals surface area (Å²) in [5.74, 6) is -0.303. The minimum Gasteiger partial charge on any atom is -0.479 e. The van der Waals surface area contributed by atoms with Crippen molar-refractivity contribution in [3.8, 4) is 0 Å². The van der Waals surface area contributed by atoms with Crippen LogP contribution in [0.5, 0.6) is 0 Å². The van der Waals surface area contributed by atoms with Crippen LogP contribution in [0.25, 0.3) is 10.9 Å². The molecule has 1 aromatic rings. The van der Waals surface area contributed by atoms with E-state index >= 15 is 0 Å². The second-order valence-corrected chi connectivity index (χ2v) is 8.20. The molecular formula is C11H16O4S3. The van der Waals surface area contributed by atoms with E-state index in [4.69, 9.17) is 14.9 Å². The van der Waals surface area contributed by atoms with Crippen LogP contribution < -0.4 is 7.69 Å². The average Bonchev–Trinajstić information content (AvgIpc) is 2.10. The molecule has 0 bridgehead atoms. The van der Waals surface area contributed by atoms with E-state index < -0.39 is 11.5 Å². The zero-order valence-electron chi connectivity index (χ0n) is 10.6. The predicted molar refractivity (Wildman–Crippen MR) is 77.5 cm³/mol. The van der Waals surface area contributed by atoms with Crippen LogP contribution in [0, 0.1) is 0 Å². The van der Waals surface area contributed by atoms with Gasteiger partial charge < -0.3 is 14.9 Å². The lowest BCUT2D eigenvalue weighted by Crippen LogP contribution is -2.27. The first kappa shape index (κ1) is 15.4. The molecule has 102 valence electrons. The van der Waals surface area contributed by atoms with Crippen LogP contribution in [0.15, 0.2) is 0 Å². The average molecular weight is 308 g/mol. The molecule has 2 N–H and O–H groups in total. The molecule has 0 amide bonds. The maximum absolute atomic E-state index is 12.0. The number of hydrogen-bond acceptors (Lipinski definition) is 7. The lowest BCUT2D eigenvalue weighted by molar-refractivity contribution is -0.146. The highest BCUT2D eigenvalue weighted by Gasteiger charge is 2.22. The van der Waals surface area contributed by atoms with Crippen molar-refractivity contribution in [2.24, 2.45) is 0 Å². The standard InChI is InChI=1S/C11H16O4S3/c1-5-16-6(8(14)15-11(2,3)4)9-17-10(18-9)7(12)13/h12-13H,5H2,1-4H3. The summed E-state index contributed by atoms with van der Waals surface area (Å²) in [6.45, 7) is 7.39. The Labute approximate surface area is 118 Å². The van der Waals surface area contributed by atoms with Gasteiger partial charge in [0.15, 0.2) is 3.85 Å². The van der Waals surface area contributed by atoms with E-state index in [2.05, 4.69) is 0 Å². The molecule has 18 heavy (non-hydrogen) atoms. The Morgan fingerprint density at radius 3 is 2.22 bits per heavy atom. The molecule has 0 spiro atoms. The molecule has 0 aliphatic rings. The van der Waals surface area contributed by atoms with Gasteiger partial charge in [-0.2, -0.15) is 0 Å². The summed E-state index contributed by atoms with van der Waals surface area (Å²) < 4.78 is 6.48. The molecular weight excluding hydrogens is 292 g/mol.